The van der Waals surface area contributed by atoms with Gasteiger partial charge in [0.25, 0.3) is 0 Å². The van der Waals surface area contributed by atoms with Crippen LogP contribution in [0.5, 0.6) is 0 Å². The van der Waals surface area contributed by atoms with Crippen molar-refractivity contribution in [1.82, 2.24) is 4.98 Å². The Hall–Kier alpha value is -1.81. The van der Waals surface area contributed by atoms with Crippen LogP contribution in [0.4, 0.5) is 0 Å². The van der Waals surface area contributed by atoms with Gasteiger partial charge in [-0.15, -0.1) is 0 Å². The number of aromatic nitrogens is 1. The van der Waals surface area contributed by atoms with E-state index in [1.54, 1.807) is 0 Å². The van der Waals surface area contributed by atoms with Crippen molar-refractivity contribution >= 4 is 10.9 Å². The Bertz CT molecular complexity index is 555. The minimum absolute atomic E-state index is 0.997. The summed E-state index contributed by atoms with van der Waals surface area (Å²) in [6.45, 7) is 2.23. The minimum Gasteiger partial charge on any atom is -0.256 e. The van der Waals surface area contributed by atoms with E-state index in [0.29, 0.717) is 0 Å². The molecule has 1 heterocycles. The van der Waals surface area contributed by atoms with E-state index in [4.69, 9.17) is 0 Å². The van der Waals surface area contributed by atoms with Gasteiger partial charge in [-0.3, -0.25) is 4.98 Å². The van der Waals surface area contributed by atoms with Gasteiger partial charge in [0.05, 0.1) is 5.52 Å². The second-order valence-corrected chi connectivity index (χ2v) is 4.49. The third-order valence-electron chi connectivity index (χ3n) is 3.03. The van der Waals surface area contributed by atoms with Crippen LogP contribution in [0.15, 0.2) is 36.5 Å². The summed E-state index contributed by atoms with van der Waals surface area (Å²) in [5.74, 6) is 6.55. The first-order chi connectivity index (χ1) is 8.92. The molecule has 0 fully saturated rings. The number of unbranched alkanes of at least 4 members (excludes halogenated alkanes) is 4. The monoisotopic (exact) mass is 237 g/mol. The molecule has 0 aliphatic carbocycles. The average molecular weight is 237 g/mol. The van der Waals surface area contributed by atoms with Crippen LogP contribution in [0.2, 0.25) is 0 Å². The van der Waals surface area contributed by atoms with Gasteiger partial charge in [-0.25, -0.2) is 0 Å². The molecule has 0 radical (unpaired) electrons. The van der Waals surface area contributed by atoms with Crippen molar-refractivity contribution in [2.45, 2.75) is 39.0 Å². The summed E-state index contributed by atoms with van der Waals surface area (Å²) in [5, 5.41) is 1.15. The molecule has 18 heavy (non-hydrogen) atoms. The molecule has 0 spiro atoms. The van der Waals surface area contributed by atoms with Crippen molar-refractivity contribution in [1.29, 1.82) is 0 Å². The minimum atomic E-state index is 0.997. The van der Waals surface area contributed by atoms with Crippen LogP contribution < -0.4 is 0 Å². The standard InChI is InChI=1S/C17H19N/c1-2-3-4-5-6-7-10-15-13-14-18-17-12-9-8-11-16(15)17/h8-9,11-14H,2-6H2,1H3. The van der Waals surface area contributed by atoms with E-state index in [-0.39, 0.29) is 0 Å². The SMILES string of the molecule is CCCCCCC#Cc1ccnc2ccccc12. The van der Waals surface area contributed by atoms with E-state index in [2.05, 4.69) is 29.8 Å². The summed E-state index contributed by atoms with van der Waals surface area (Å²) in [7, 11) is 0. The molecule has 2 aromatic rings. The molecule has 2 rings (SSSR count). The zero-order valence-electron chi connectivity index (χ0n) is 10.9. The molecular weight excluding hydrogens is 218 g/mol. The molecule has 1 aromatic carbocycles. The molecule has 1 heteroatoms. The zero-order chi connectivity index (χ0) is 12.6. The molecule has 0 atom stereocenters. The Morgan fingerprint density at radius 2 is 1.94 bits per heavy atom. The van der Waals surface area contributed by atoms with Crippen molar-refractivity contribution < 1.29 is 0 Å². The normalized spacial score (nSPS) is 10.1. The Morgan fingerprint density at radius 3 is 2.83 bits per heavy atom. The maximum Gasteiger partial charge on any atom is 0.0714 e. The first kappa shape index (κ1) is 12.6. The van der Waals surface area contributed by atoms with Gasteiger partial charge in [0, 0.05) is 23.6 Å². The molecule has 0 aliphatic rings. The Kier molecular flexibility index (Phi) is 4.78. The highest BCUT2D eigenvalue weighted by Gasteiger charge is 1.96. The van der Waals surface area contributed by atoms with E-state index in [1.807, 2.05) is 30.5 Å². The predicted molar refractivity (Wildman–Crippen MR) is 77.4 cm³/mol. The molecule has 0 amide bonds. The van der Waals surface area contributed by atoms with Crippen molar-refractivity contribution in [3.05, 3.63) is 42.1 Å². The largest absolute Gasteiger partial charge is 0.256 e. The highest BCUT2D eigenvalue weighted by Crippen LogP contribution is 2.14. The Labute approximate surface area is 109 Å². The molecule has 92 valence electrons. The number of pyridine rings is 1. The molecule has 0 aliphatic heterocycles. The van der Waals surface area contributed by atoms with Gasteiger partial charge in [-0.2, -0.15) is 0 Å². The lowest BCUT2D eigenvalue weighted by Crippen LogP contribution is -1.82. The quantitative estimate of drug-likeness (QED) is 0.561. The van der Waals surface area contributed by atoms with Crippen LogP contribution in [0.25, 0.3) is 10.9 Å². The van der Waals surface area contributed by atoms with Gasteiger partial charge in [-0.05, 0) is 18.6 Å². The van der Waals surface area contributed by atoms with E-state index in [1.165, 1.54) is 25.7 Å². The number of hydrogen-bond acceptors (Lipinski definition) is 1. The van der Waals surface area contributed by atoms with Crippen LogP contribution in [0.1, 0.15) is 44.6 Å². The van der Waals surface area contributed by atoms with Gasteiger partial charge in [0.1, 0.15) is 0 Å². The van der Waals surface area contributed by atoms with Gasteiger partial charge in [-0.1, -0.05) is 56.2 Å². The van der Waals surface area contributed by atoms with Crippen molar-refractivity contribution in [2.75, 3.05) is 0 Å². The molecule has 0 saturated carbocycles. The number of benzene rings is 1. The van der Waals surface area contributed by atoms with Crippen molar-refractivity contribution in [3.8, 4) is 11.8 Å². The van der Waals surface area contributed by atoms with Crippen LogP contribution in [0, 0.1) is 11.8 Å². The maximum atomic E-state index is 4.34. The van der Waals surface area contributed by atoms with E-state index < -0.39 is 0 Å². The number of nitrogens with zero attached hydrogens (tertiary/aromatic N) is 1. The summed E-state index contributed by atoms with van der Waals surface area (Å²) < 4.78 is 0. The first-order valence-corrected chi connectivity index (χ1v) is 6.74. The van der Waals surface area contributed by atoms with E-state index >= 15 is 0 Å². The van der Waals surface area contributed by atoms with Crippen LogP contribution in [-0.4, -0.2) is 4.98 Å². The summed E-state index contributed by atoms with van der Waals surface area (Å²) >= 11 is 0. The third-order valence-corrected chi connectivity index (χ3v) is 3.03. The second kappa shape index (κ2) is 6.81. The summed E-state index contributed by atoms with van der Waals surface area (Å²) in [6.07, 6.45) is 7.94. The maximum absolute atomic E-state index is 4.34. The fourth-order valence-corrected chi connectivity index (χ4v) is 2.00. The summed E-state index contributed by atoms with van der Waals surface area (Å²) in [5.41, 5.74) is 2.12. The summed E-state index contributed by atoms with van der Waals surface area (Å²) in [6, 6.07) is 10.2. The molecule has 0 unspecified atom stereocenters. The van der Waals surface area contributed by atoms with E-state index in [0.717, 1.165) is 22.9 Å². The lowest BCUT2D eigenvalue weighted by atomic mass is 10.1. The second-order valence-electron chi connectivity index (χ2n) is 4.49. The van der Waals surface area contributed by atoms with Gasteiger partial charge < -0.3 is 0 Å². The highest BCUT2D eigenvalue weighted by molar-refractivity contribution is 5.84. The van der Waals surface area contributed by atoms with Crippen LogP contribution in [0.3, 0.4) is 0 Å². The van der Waals surface area contributed by atoms with Crippen LogP contribution in [-0.2, 0) is 0 Å². The van der Waals surface area contributed by atoms with Crippen LogP contribution >= 0.6 is 0 Å². The molecule has 1 nitrogen and oxygen atoms in total. The first-order valence-electron chi connectivity index (χ1n) is 6.74. The molecule has 0 N–H and O–H groups in total. The fraction of sp³-hybridized carbons (Fsp3) is 0.353. The number of fused-ring (bicyclic) bond motifs is 1. The zero-order valence-corrected chi connectivity index (χ0v) is 10.9. The number of hydrogen-bond donors (Lipinski definition) is 0. The molecular formula is C17H19N. The van der Waals surface area contributed by atoms with Gasteiger partial charge >= 0.3 is 0 Å². The summed E-state index contributed by atoms with van der Waals surface area (Å²) in [4.78, 5) is 4.34. The molecule has 1 aromatic heterocycles. The number of para-hydroxylation sites is 1. The van der Waals surface area contributed by atoms with E-state index in [9.17, 15) is 0 Å². The number of rotatable bonds is 4. The molecule has 0 saturated heterocycles. The fourth-order valence-electron chi connectivity index (χ4n) is 2.00. The average Bonchev–Trinajstić information content (AvgIpc) is 2.43. The highest BCUT2D eigenvalue weighted by atomic mass is 14.6. The third kappa shape index (κ3) is 3.34. The Morgan fingerprint density at radius 1 is 1.06 bits per heavy atom. The van der Waals surface area contributed by atoms with Crippen molar-refractivity contribution in [2.24, 2.45) is 0 Å². The topological polar surface area (TPSA) is 12.9 Å². The van der Waals surface area contributed by atoms with Crippen molar-refractivity contribution in [3.63, 3.8) is 0 Å². The lowest BCUT2D eigenvalue weighted by Gasteiger charge is -1.98. The Balaban J connectivity index is 2.05. The smallest absolute Gasteiger partial charge is 0.0714 e. The lowest BCUT2D eigenvalue weighted by molar-refractivity contribution is 0.679. The predicted octanol–water partition coefficient (Wildman–Crippen LogP) is 4.56. The molecule has 0 bridgehead atoms. The van der Waals surface area contributed by atoms with Gasteiger partial charge in [0.15, 0.2) is 0 Å². The van der Waals surface area contributed by atoms with Gasteiger partial charge in [0.2, 0.25) is 0 Å².